The van der Waals surface area contributed by atoms with Gasteiger partial charge in [-0.3, -0.25) is 38.4 Å². The number of hydrogen-bond donors (Lipinski definition) is 0. The van der Waals surface area contributed by atoms with Crippen LogP contribution in [0.4, 0.5) is 0 Å². The Labute approximate surface area is 466 Å². The first-order chi connectivity index (χ1) is 38.6. The van der Waals surface area contributed by atoms with Crippen molar-refractivity contribution in [1.82, 2.24) is 76.4 Å². The van der Waals surface area contributed by atoms with Gasteiger partial charge in [-0.25, -0.2) is 9.97 Å². The van der Waals surface area contributed by atoms with Gasteiger partial charge in [0.25, 0.3) is 0 Å². The molecule has 0 N–H and O–H groups in total. The van der Waals surface area contributed by atoms with E-state index in [1.54, 1.807) is 104 Å². The Bertz CT molecular complexity index is 4740. The van der Waals surface area contributed by atoms with Crippen molar-refractivity contribution < 1.29 is 19.5 Å². The molecule has 24 nitrogen and oxygen atoms in total. The van der Waals surface area contributed by atoms with Gasteiger partial charge in [0.2, 0.25) is 0 Å². The molecule has 2 aliphatic rings. The molecule has 2 aliphatic heterocycles. The maximum atomic E-state index is 13.7. The minimum atomic E-state index is -0.707. The summed E-state index contributed by atoms with van der Waals surface area (Å²) in [4.78, 5) is 151. The Morgan fingerprint density at radius 2 is 0.432 bits per heavy atom. The second kappa shape index (κ2) is 18.9. The molecule has 0 spiro atoms. The summed E-state index contributed by atoms with van der Waals surface area (Å²) in [6.07, 6.45) is 0. The van der Waals surface area contributed by atoms with Crippen LogP contribution in [0.5, 0.6) is 0 Å². The van der Waals surface area contributed by atoms with Crippen LogP contribution in [0.1, 0.15) is 55.4 Å². The third-order valence-electron chi connectivity index (χ3n) is 15.6. The minimum absolute atomic E-state index is 0. The molecular weight excluding hydrogens is 1090 g/mol. The van der Waals surface area contributed by atoms with Crippen LogP contribution in [0.25, 0.3) is 134 Å². The molecule has 402 valence electrons. The second-order valence-electron chi connectivity index (χ2n) is 19.4. The van der Waals surface area contributed by atoms with E-state index in [1.807, 2.05) is 0 Å². The van der Waals surface area contributed by atoms with E-state index in [0.29, 0.717) is 87.9 Å². The Balaban J connectivity index is 0.00000651. The summed E-state index contributed by atoms with van der Waals surface area (Å²) in [6.45, 7) is 15.5. The van der Waals surface area contributed by atoms with E-state index in [-0.39, 0.29) is 118 Å². The van der Waals surface area contributed by atoms with Crippen molar-refractivity contribution in [2.24, 2.45) is 0 Å². The summed E-state index contributed by atoms with van der Waals surface area (Å²) in [5, 5.41) is 1.70. The summed E-state index contributed by atoms with van der Waals surface area (Å²) >= 11 is 0. The van der Waals surface area contributed by atoms with Gasteiger partial charge in [-0.05, 0) is 125 Å². The molecule has 7 aromatic heterocycles. The van der Waals surface area contributed by atoms with Gasteiger partial charge >= 0.3 is 64.0 Å². The zero-order chi connectivity index (χ0) is 56.1. The van der Waals surface area contributed by atoms with Gasteiger partial charge < -0.3 is 66.4 Å². The minimum Gasteiger partial charge on any atom is -0.357 e. The molecule has 0 amide bonds. The first-order valence-electron chi connectivity index (χ1n) is 26.6. The van der Waals surface area contributed by atoms with Crippen LogP contribution >= 0.6 is 0 Å². The molecule has 13 rings (SSSR count). The van der Waals surface area contributed by atoms with E-state index in [0.717, 1.165) is 0 Å². The van der Waals surface area contributed by atoms with Crippen LogP contribution in [0.15, 0.2) is 86.9 Å². The molecule has 25 heteroatoms. The molecule has 0 aliphatic carbocycles. The van der Waals surface area contributed by atoms with Crippen LogP contribution in [0.3, 0.4) is 0 Å². The number of benzene rings is 4. The molecule has 9 heterocycles. The van der Waals surface area contributed by atoms with E-state index in [1.165, 1.54) is 36.5 Å². The van der Waals surface area contributed by atoms with Gasteiger partial charge in [0.05, 0.1) is 67.4 Å². The van der Waals surface area contributed by atoms with Crippen molar-refractivity contribution in [3.05, 3.63) is 131 Å². The van der Waals surface area contributed by atoms with Crippen molar-refractivity contribution >= 4 is 88.3 Å². The predicted molar refractivity (Wildman–Crippen MR) is 303 cm³/mol. The smallest absolute Gasteiger partial charge is 0.357 e. The number of aryl methyl sites for hydroxylation is 8. The summed E-state index contributed by atoms with van der Waals surface area (Å²) in [5.41, 5.74) is -0.0383. The third-order valence-corrected chi connectivity index (χ3v) is 15.6. The first-order valence-corrected chi connectivity index (χ1v) is 26.6. The molecule has 0 saturated carbocycles. The zero-order valence-electron chi connectivity index (χ0n) is 45.4. The SMILES string of the molecule is CCn1c(=O)c(=O)n(CC)c2cc3c(cc21)-c1nc-3nc2[n-]c(nc3nc(nc4[n-]c(n1)c1cc5c(cc41)n(CC)c(=O)c(=O)n5CC)-c1cc4c(cc1-3)n(CC)c(=O)c(=O)n4CC)c1cc3c(cc21)n(CC)c(=O)c(=O)n3CC.[Zn+2]. The van der Waals surface area contributed by atoms with Crippen molar-refractivity contribution in [2.45, 2.75) is 108 Å². The largest absolute Gasteiger partial charge is 2.00 e. The fraction of sp³-hybridized carbons (Fsp3) is 0.286. The van der Waals surface area contributed by atoms with Gasteiger partial charge in [0.1, 0.15) is 0 Å². The van der Waals surface area contributed by atoms with Gasteiger partial charge in [0, 0.05) is 97.2 Å². The van der Waals surface area contributed by atoms with Crippen LogP contribution in [0, 0.1) is 0 Å². The standard InChI is InChI=1S/C56H48N16O8.Zn/c1-9-65-33-17-25-26(18-34(33)66(10-2)50(74)49(65)73)42-57-41(25)61-43-27-19-35-36(68(12-4)52(76)51(75)67(35)11-3)20-28(27)45(58-43)63-47-31-23-39-40(72(16-8)56(80)55(79)71(39)15-7)24-32(31)48(60-47)64-46-30-22-38-37(21-29(30)44(59-46)62-42)69(13-5)53(77)54(78)70(38)14-6;/h17-24H,9-16H2,1-8H3;/q-2;+2. The van der Waals surface area contributed by atoms with Crippen LogP contribution in [-0.2, 0) is 71.8 Å². The van der Waals surface area contributed by atoms with Gasteiger partial charge in [-0.15, -0.1) is 0 Å². The normalized spacial score (nSPS) is 12.1. The van der Waals surface area contributed by atoms with Crippen LogP contribution in [-0.4, -0.2) is 66.4 Å². The monoisotopic (exact) mass is 1140 g/mol. The Kier molecular flexibility index (Phi) is 12.2. The molecule has 0 radical (unpaired) electrons. The molecule has 8 bridgehead atoms. The Morgan fingerprint density at radius 3 is 0.593 bits per heavy atom. The van der Waals surface area contributed by atoms with Crippen LogP contribution in [0.2, 0.25) is 0 Å². The number of nitrogens with zero attached hydrogens (tertiary/aromatic N) is 16. The maximum absolute atomic E-state index is 13.7. The van der Waals surface area contributed by atoms with Gasteiger partial charge in [0.15, 0.2) is 0 Å². The van der Waals surface area contributed by atoms with Crippen molar-refractivity contribution in [3.63, 3.8) is 0 Å². The van der Waals surface area contributed by atoms with Crippen molar-refractivity contribution in [1.29, 1.82) is 0 Å². The zero-order valence-corrected chi connectivity index (χ0v) is 48.4. The molecule has 0 unspecified atom stereocenters. The Morgan fingerprint density at radius 1 is 0.272 bits per heavy atom. The topological polar surface area (TPSA) is 282 Å². The first kappa shape index (κ1) is 52.3. The molecule has 4 aromatic carbocycles. The third kappa shape index (κ3) is 7.22. The summed E-state index contributed by atoms with van der Waals surface area (Å²) < 4.78 is 11.2. The average Bonchev–Trinajstić information content (AvgIpc) is 4.24. The van der Waals surface area contributed by atoms with Gasteiger partial charge in [-0.2, -0.15) is 0 Å². The molecular formula is C56H48N16O8Zn. The maximum Gasteiger partial charge on any atom is 2.00 e. The van der Waals surface area contributed by atoms with Crippen LogP contribution < -0.4 is 54.4 Å². The predicted octanol–water partition coefficient (Wildman–Crippen LogP) is 4.19. The molecule has 0 fully saturated rings. The number of fused-ring (bicyclic) bond motifs is 24. The Hall–Kier alpha value is -9.38. The average molecular weight is 1140 g/mol. The molecule has 11 aromatic rings. The van der Waals surface area contributed by atoms with Crippen molar-refractivity contribution in [3.8, 4) is 45.6 Å². The number of aromatic nitrogens is 16. The van der Waals surface area contributed by atoms with Crippen molar-refractivity contribution in [2.75, 3.05) is 0 Å². The van der Waals surface area contributed by atoms with E-state index in [4.69, 9.17) is 39.9 Å². The van der Waals surface area contributed by atoms with E-state index < -0.39 is 44.5 Å². The fourth-order valence-corrected chi connectivity index (χ4v) is 11.8. The quantitative estimate of drug-likeness (QED) is 0.152. The fourth-order valence-electron chi connectivity index (χ4n) is 11.8. The summed E-state index contributed by atoms with van der Waals surface area (Å²) in [6, 6.07) is 14.0. The number of rotatable bonds is 8. The molecule has 0 saturated heterocycles. The van der Waals surface area contributed by atoms with E-state index in [9.17, 15) is 38.4 Å². The van der Waals surface area contributed by atoms with Gasteiger partial charge in [-0.1, -0.05) is 0 Å². The summed E-state index contributed by atoms with van der Waals surface area (Å²) in [5.74, 6) is 0.436. The van der Waals surface area contributed by atoms with E-state index in [2.05, 4.69) is 0 Å². The molecule has 0 atom stereocenters. The number of hydrogen-bond acceptors (Lipinski definition) is 14. The van der Waals surface area contributed by atoms with E-state index >= 15 is 0 Å². The molecule has 81 heavy (non-hydrogen) atoms. The second-order valence-corrected chi connectivity index (χ2v) is 19.4. The summed E-state index contributed by atoms with van der Waals surface area (Å²) in [7, 11) is 0.